The van der Waals surface area contributed by atoms with Gasteiger partial charge in [-0.1, -0.05) is 19.3 Å². The maximum Gasteiger partial charge on any atom is 0.241 e. The van der Waals surface area contributed by atoms with Gasteiger partial charge in [0.15, 0.2) is 0 Å². The number of nitrogens with one attached hydrogen (secondary N) is 2. The number of aromatic nitrogens is 2. The van der Waals surface area contributed by atoms with Crippen molar-refractivity contribution < 1.29 is 13.2 Å². The maximum absolute atomic E-state index is 12.9. The Morgan fingerprint density at radius 2 is 2.09 bits per heavy atom. The Kier molecular flexibility index (Phi) is 4.46. The molecule has 0 saturated heterocycles. The molecule has 2 aliphatic rings. The van der Waals surface area contributed by atoms with Crippen molar-refractivity contribution in [1.82, 2.24) is 19.6 Å². The standard InChI is InChI=1S/C15H24N4O3S/c1-23(21,22)18-15(7-3-2-4-8-15)14(20)17-12-5-6-13-16-9-10-19(13)11-12/h9-10,12,18H,2-8,11H2,1H3,(H,17,20). The Hall–Kier alpha value is -1.41. The third-order valence-electron chi connectivity index (χ3n) is 4.79. The molecule has 0 bridgehead atoms. The Labute approximate surface area is 136 Å². The van der Waals surface area contributed by atoms with Crippen LogP contribution in [0.1, 0.15) is 44.3 Å². The molecule has 2 N–H and O–H groups in total. The van der Waals surface area contributed by atoms with Gasteiger partial charge in [0.25, 0.3) is 0 Å². The van der Waals surface area contributed by atoms with Crippen LogP contribution in [0, 0.1) is 0 Å². The fourth-order valence-electron chi connectivity index (χ4n) is 3.69. The molecule has 2 heterocycles. The summed E-state index contributed by atoms with van der Waals surface area (Å²) >= 11 is 0. The van der Waals surface area contributed by atoms with Gasteiger partial charge >= 0.3 is 0 Å². The number of carbonyl (C=O) groups excluding carboxylic acids is 1. The highest BCUT2D eigenvalue weighted by molar-refractivity contribution is 7.88. The molecule has 1 fully saturated rings. The van der Waals surface area contributed by atoms with Crippen LogP contribution in [0.15, 0.2) is 12.4 Å². The van der Waals surface area contributed by atoms with Gasteiger partial charge in [-0.3, -0.25) is 4.79 Å². The van der Waals surface area contributed by atoms with Crippen molar-refractivity contribution in [3.05, 3.63) is 18.2 Å². The van der Waals surface area contributed by atoms with E-state index in [0.717, 1.165) is 44.2 Å². The molecule has 1 saturated carbocycles. The Balaban J connectivity index is 1.71. The lowest BCUT2D eigenvalue weighted by molar-refractivity contribution is -0.129. The van der Waals surface area contributed by atoms with Gasteiger partial charge in [-0.25, -0.2) is 13.4 Å². The predicted octanol–water partition coefficient (Wildman–Crippen LogP) is 0.566. The molecule has 1 unspecified atom stereocenters. The normalized spacial score (nSPS) is 24.0. The van der Waals surface area contributed by atoms with Crippen LogP contribution in [0.4, 0.5) is 0 Å². The largest absolute Gasteiger partial charge is 0.350 e. The first-order chi connectivity index (χ1) is 10.9. The summed E-state index contributed by atoms with van der Waals surface area (Å²) in [6, 6.07) is 0.0179. The van der Waals surface area contributed by atoms with Crippen molar-refractivity contribution in [1.29, 1.82) is 0 Å². The van der Waals surface area contributed by atoms with E-state index in [1.54, 1.807) is 6.20 Å². The molecular weight excluding hydrogens is 316 g/mol. The van der Waals surface area contributed by atoms with E-state index in [1.165, 1.54) is 0 Å². The van der Waals surface area contributed by atoms with E-state index in [2.05, 4.69) is 15.0 Å². The number of carbonyl (C=O) groups is 1. The summed E-state index contributed by atoms with van der Waals surface area (Å²) in [6.45, 7) is 0.691. The topological polar surface area (TPSA) is 93.1 Å². The second kappa shape index (κ2) is 6.24. The van der Waals surface area contributed by atoms with Crippen molar-refractivity contribution in [2.45, 2.75) is 63.1 Å². The minimum absolute atomic E-state index is 0.0179. The molecule has 1 atom stereocenters. The summed E-state index contributed by atoms with van der Waals surface area (Å²) in [7, 11) is -3.43. The molecule has 1 aliphatic carbocycles. The van der Waals surface area contributed by atoms with Crippen LogP contribution in [0.25, 0.3) is 0 Å². The summed E-state index contributed by atoms with van der Waals surface area (Å²) in [5.41, 5.74) is -0.985. The van der Waals surface area contributed by atoms with Gasteiger partial charge in [0, 0.05) is 31.4 Å². The highest BCUT2D eigenvalue weighted by atomic mass is 32.2. The Morgan fingerprint density at radius 1 is 1.35 bits per heavy atom. The first-order valence-corrected chi connectivity index (χ1v) is 10.1. The van der Waals surface area contributed by atoms with E-state index in [4.69, 9.17) is 0 Å². The lowest BCUT2D eigenvalue weighted by atomic mass is 9.81. The quantitative estimate of drug-likeness (QED) is 0.838. The fraction of sp³-hybridized carbons (Fsp3) is 0.733. The van der Waals surface area contributed by atoms with Gasteiger partial charge in [-0.2, -0.15) is 4.72 Å². The Morgan fingerprint density at radius 3 is 2.78 bits per heavy atom. The number of aryl methyl sites for hydroxylation is 1. The summed E-state index contributed by atoms with van der Waals surface area (Å²) in [5.74, 6) is 0.855. The number of sulfonamides is 1. The molecular formula is C15H24N4O3S. The van der Waals surface area contributed by atoms with Gasteiger partial charge in [0.05, 0.1) is 6.26 Å². The molecule has 1 aromatic rings. The van der Waals surface area contributed by atoms with Crippen LogP contribution in [0.5, 0.6) is 0 Å². The smallest absolute Gasteiger partial charge is 0.241 e. The zero-order valence-corrected chi connectivity index (χ0v) is 14.2. The number of fused-ring (bicyclic) bond motifs is 1. The van der Waals surface area contributed by atoms with E-state index in [-0.39, 0.29) is 11.9 Å². The van der Waals surface area contributed by atoms with Gasteiger partial charge < -0.3 is 9.88 Å². The third kappa shape index (κ3) is 3.74. The van der Waals surface area contributed by atoms with Gasteiger partial charge in [-0.15, -0.1) is 0 Å². The van der Waals surface area contributed by atoms with Crippen LogP contribution < -0.4 is 10.0 Å². The molecule has 1 aliphatic heterocycles. The molecule has 3 rings (SSSR count). The van der Waals surface area contributed by atoms with Crippen LogP contribution in [0.3, 0.4) is 0 Å². The van der Waals surface area contributed by atoms with Crippen LogP contribution in [-0.2, 0) is 27.8 Å². The minimum Gasteiger partial charge on any atom is -0.350 e. The van der Waals surface area contributed by atoms with Crippen molar-refractivity contribution in [2.75, 3.05) is 6.26 Å². The summed E-state index contributed by atoms with van der Waals surface area (Å²) in [6.07, 6.45) is 10.4. The van der Waals surface area contributed by atoms with E-state index < -0.39 is 15.6 Å². The zero-order chi connectivity index (χ0) is 16.5. The van der Waals surface area contributed by atoms with Crippen molar-refractivity contribution in [2.24, 2.45) is 0 Å². The van der Waals surface area contributed by atoms with Crippen LogP contribution in [-0.4, -0.2) is 41.7 Å². The lowest BCUT2D eigenvalue weighted by Crippen LogP contribution is -2.61. The van der Waals surface area contributed by atoms with Crippen molar-refractivity contribution in [3.63, 3.8) is 0 Å². The average Bonchev–Trinajstić information content (AvgIpc) is 2.94. The molecule has 8 heteroatoms. The number of nitrogens with zero attached hydrogens (tertiary/aromatic N) is 2. The second-order valence-corrected chi connectivity index (χ2v) is 8.47. The van der Waals surface area contributed by atoms with Crippen LogP contribution >= 0.6 is 0 Å². The number of hydrogen-bond acceptors (Lipinski definition) is 4. The van der Waals surface area contributed by atoms with E-state index >= 15 is 0 Å². The highest BCUT2D eigenvalue weighted by Crippen LogP contribution is 2.29. The van der Waals surface area contributed by atoms with E-state index in [0.29, 0.717) is 19.4 Å². The van der Waals surface area contributed by atoms with Gasteiger partial charge in [0.2, 0.25) is 15.9 Å². The molecule has 0 radical (unpaired) electrons. The first-order valence-electron chi connectivity index (χ1n) is 8.18. The molecule has 7 nitrogen and oxygen atoms in total. The third-order valence-corrected chi connectivity index (χ3v) is 5.55. The minimum atomic E-state index is -3.43. The van der Waals surface area contributed by atoms with Crippen molar-refractivity contribution >= 4 is 15.9 Å². The van der Waals surface area contributed by atoms with Gasteiger partial charge in [0.1, 0.15) is 11.4 Å². The number of amides is 1. The summed E-state index contributed by atoms with van der Waals surface area (Å²) in [5, 5.41) is 3.07. The number of hydrogen-bond donors (Lipinski definition) is 2. The monoisotopic (exact) mass is 340 g/mol. The average molecular weight is 340 g/mol. The predicted molar refractivity (Wildman–Crippen MR) is 86.3 cm³/mol. The van der Waals surface area contributed by atoms with Crippen molar-refractivity contribution in [3.8, 4) is 0 Å². The summed E-state index contributed by atoms with van der Waals surface area (Å²) in [4.78, 5) is 17.1. The Bertz CT molecular complexity index is 677. The summed E-state index contributed by atoms with van der Waals surface area (Å²) < 4.78 is 28.1. The highest BCUT2D eigenvalue weighted by Gasteiger charge is 2.42. The maximum atomic E-state index is 12.9. The second-order valence-electron chi connectivity index (χ2n) is 6.72. The molecule has 0 spiro atoms. The number of rotatable bonds is 4. The molecule has 23 heavy (non-hydrogen) atoms. The molecule has 0 aromatic carbocycles. The van der Waals surface area contributed by atoms with E-state index in [9.17, 15) is 13.2 Å². The fourth-order valence-corrected chi connectivity index (χ4v) is 4.70. The van der Waals surface area contributed by atoms with Crippen LogP contribution in [0.2, 0.25) is 0 Å². The zero-order valence-electron chi connectivity index (χ0n) is 13.4. The first kappa shape index (κ1) is 16.4. The lowest BCUT2D eigenvalue weighted by Gasteiger charge is -2.37. The molecule has 1 amide bonds. The molecule has 128 valence electrons. The SMILES string of the molecule is CS(=O)(=O)NC1(C(=O)NC2CCc3nccn3C2)CCCCC1. The van der Waals surface area contributed by atoms with Gasteiger partial charge in [-0.05, 0) is 19.3 Å². The number of imidazole rings is 1. The molecule has 1 aromatic heterocycles. The van der Waals surface area contributed by atoms with E-state index in [1.807, 2.05) is 10.8 Å².